The van der Waals surface area contributed by atoms with Crippen LogP contribution in [0.4, 0.5) is 13.2 Å². The van der Waals surface area contributed by atoms with Crippen LogP contribution in [-0.4, -0.2) is 30.1 Å². The lowest BCUT2D eigenvalue weighted by Gasteiger charge is -2.21. The minimum atomic E-state index is -4.42. The zero-order valence-electron chi connectivity index (χ0n) is 14.4. The molecule has 2 rings (SSSR count). The Balaban J connectivity index is 2.08. The molecule has 2 aromatic carbocycles. The first-order valence-corrected chi connectivity index (χ1v) is 8.01. The molecule has 0 radical (unpaired) electrons. The molecule has 0 aromatic heterocycles. The van der Waals surface area contributed by atoms with Gasteiger partial charge in [-0.15, -0.1) is 6.58 Å². The first-order valence-electron chi connectivity index (χ1n) is 8.01. The standard InChI is InChI=1S/C20H17F3N2O2/c1-2-11-25(13-16-5-3-15(12-24)4-6-16)19(26)17-7-9-18(10-8-17)27-14-20(21,22)23/h2-10H,1,11,13-14H2. The van der Waals surface area contributed by atoms with Crippen molar-refractivity contribution in [1.82, 2.24) is 4.90 Å². The molecule has 0 aliphatic rings. The lowest BCUT2D eigenvalue weighted by Crippen LogP contribution is -2.30. The van der Waals surface area contributed by atoms with Gasteiger partial charge in [0, 0.05) is 18.7 Å². The molecule has 0 aliphatic heterocycles. The van der Waals surface area contributed by atoms with E-state index in [1.807, 2.05) is 6.07 Å². The monoisotopic (exact) mass is 374 g/mol. The fraction of sp³-hybridized carbons (Fsp3) is 0.200. The van der Waals surface area contributed by atoms with Crippen molar-refractivity contribution in [3.05, 3.63) is 77.9 Å². The number of ether oxygens (including phenoxy) is 1. The fourth-order valence-electron chi connectivity index (χ4n) is 2.32. The van der Waals surface area contributed by atoms with E-state index in [-0.39, 0.29) is 11.7 Å². The summed E-state index contributed by atoms with van der Waals surface area (Å²) in [6.45, 7) is 2.86. The lowest BCUT2D eigenvalue weighted by molar-refractivity contribution is -0.153. The fourth-order valence-corrected chi connectivity index (χ4v) is 2.32. The van der Waals surface area contributed by atoms with E-state index in [0.717, 1.165) is 5.56 Å². The third-order valence-corrected chi connectivity index (χ3v) is 3.60. The molecule has 0 aliphatic carbocycles. The van der Waals surface area contributed by atoms with E-state index in [1.165, 1.54) is 24.3 Å². The Labute approximate surface area is 155 Å². The van der Waals surface area contributed by atoms with E-state index in [4.69, 9.17) is 5.26 Å². The summed E-state index contributed by atoms with van der Waals surface area (Å²) >= 11 is 0. The predicted molar refractivity (Wildman–Crippen MR) is 94.1 cm³/mol. The number of nitriles is 1. The highest BCUT2D eigenvalue weighted by Crippen LogP contribution is 2.20. The molecule has 140 valence electrons. The van der Waals surface area contributed by atoms with Crippen LogP contribution in [0.1, 0.15) is 21.5 Å². The lowest BCUT2D eigenvalue weighted by atomic mass is 10.1. The average Bonchev–Trinajstić information content (AvgIpc) is 2.66. The van der Waals surface area contributed by atoms with Gasteiger partial charge in [-0.05, 0) is 42.0 Å². The van der Waals surface area contributed by atoms with Gasteiger partial charge in [0.25, 0.3) is 5.91 Å². The van der Waals surface area contributed by atoms with Gasteiger partial charge in [0.1, 0.15) is 5.75 Å². The van der Waals surface area contributed by atoms with Crippen molar-refractivity contribution in [1.29, 1.82) is 5.26 Å². The normalized spacial score (nSPS) is 10.7. The van der Waals surface area contributed by atoms with Gasteiger partial charge in [-0.3, -0.25) is 4.79 Å². The molecule has 1 amide bonds. The van der Waals surface area contributed by atoms with E-state index in [9.17, 15) is 18.0 Å². The second kappa shape index (κ2) is 8.90. The summed E-state index contributed by atoms with van der Waals surface area (Å²) in [4.78, 5) is 14.2. The molecule has 0 N–H and O–H groups in total. The van der Waals surface area contributed by atoms with Crippen LogP contribution >= 0.6 is 0 Å². The summed E-state index contributed by atoms with van der Waals surface area (Å²) in [6, 6.07) is 14.4. The summed E-state index contributed by atoms with van der Waals surface area (Å²) in [5.74, 6) is -0.257. The maximum absolute atomic E-state index is 12.7. The Kier molecular flexibility index (Phi) is 6.61. The predicted octanol–water partition coefficient (Wildman–Crippen LogP) is 4.33. The SMILES string of the molecule is C=CCN(Cc1ccc(C#N)cc1)C(=O)c1ccc(OCC(F)(F)F)cc1. The molecule has 0 unspecified atom stereocenters. The Morgan fingerprint density at radius 2 is 1.78 bits per heavy atom. The van der Waals surface area contributed by atoms with Gasteiger partial charge in [-0.25, -0.2) is 0 Å². The van der Waals surface area contributed by atoms with E-state index in [2.05, 4.69) is 11.3 Å². The van der Waals surface area contributed by atoms with Crippen LogP contribution < -0.4 is 4.74 Å². The van der Waals surface area contributed by atoms with Crippen LogP contribution in [0.15, 0.2) is 61.2 Å². The maximum Gasteiger partial charge on any atom is 0.422 e. The third-order valence-electron chi connectivity index (χ3n) is 3.60. The van der Waals surface area contributed by atoms with Crippen molar-refractivity contribution in [3.8, 4) is 11.8 Å². The second-order valence-corrected chi connectivity index (χ2v) is 5.71. The minimum Gasteiger partial charge on any atom is -0.484 e. The Morgan fingerprint density at radius 1 is 1.15 bits per heavy atom. The highest BCUT2D eigenvalue weighted by Gasteiger charge is 2.28. The van der Waals surface area contributed by atoms with Gasteiger partial charge >= 0.3 is 6.18 Å². The van der Waals surface area contributed by atoms with Crippen LogP contribution in [0, 0.1) is 11.3 Å². The van der Waals surface area contributed by atoms with Crippen LogP contribution in [0.2, 0.25) is 0 Å². The zero-order valence-corrected chi connectivity index (χ0v) is 14.4. The number of rotatable bonds is 7. The third kappa shape index (κ3) is 6.19. The summed E-state index contributed by atoms with van der Waals surface area (Å²) < 4.78 is 41.2. The van der Waals surface area contributed by atoms with Crippen molar-refractivity contribution >= 4 is 5.91 Å². The molecule has 4 nitrogen and oxygen atoms in total. The van der Waals surface area contributed by atoms with Crippen LogP contribution in [0.3, 0.4) is 0 Å². The first kappa shape index (κ1) is 20.0. The van der Waals surface area contributed by atoms with Gasteiger partial charge in [0.15, 0.2) is 6.61 Å². The highest BCUT2D eigenvalue weighted by atomic mass is 19.4. The molecule has 0 bridgehead atoms. The Morgan fingerprint density at radius 3 is 2.30 bits per heavy atom. The number of nitrogens with zero attached hydrogens (tertiary/aromatic N) is 2. The quantitative estimate of drug-likeness (QED) is 0.678. The molecule has 27 heavy (non-hydrogen) atoms. The summed E-state index contributed by atoms with van der Waals surface area (Å²) in [5, 5.41) is 8.84. The second-order valence-electron chi connectivity index (χ2n) is 5.71. The molecule has 0 fully saturated rings. The van der Waals surface area contributed by atoms with Crippen molar-refractivity contribution in [2.45, 2.75) is 12.7 Å². The topological polar surface area (TPSA) is 53.3 Å². The molecule has 0 atom stereocenters. The molecule has 0 saturated carbocycles. The largest absolute Gasteiger partial charge is 0.484 e. The molecule has 7 heteroatoms. The highest BCUT2D eigenvalue weighted by molar-refractivity contribution is 5.94. The molecule has 2 aromatic rings. The number of carbonyl (C=O) groups excluding carboxylic acids is 1. The van der Waals surface area contributed by atoms with Crippen molar-refractivity contribution in [3.63, 3.8) is 0 Å². The Hall–Kier alpha value is -3.27. The Bertz CT molecular complexity index is 822. The molecule has 0 heterocycles. The van der Waals surface area contributed by atoms with Crippen molar-refractivity contribution in [2.24, 2.45) is 0 Å². The van der Waals surface area contributed by atoms with E-state index >= 15 is 0 Å². The molecule has 0 spiro atoms. The van der Waals surface area contributed by atoms with Gasteiger partial charge in [-0.2, -0.15) is 18.4 Å². The smallest absolute Gasteiger partial charge is 0.422 e. The summed E-state index contributed by atoms with van der Waals surface area (Å²) in [5.41, 5.74) is 1.69. The van der Waals surface area contributed by atoms with E-state index in [0.29, 0.717) is 24.2 Å². The van der Waals surface area contributed by atoms with Crippen LogP contribution in [0.5, 0.6) is 5.75 Å². The van der Waals surface area contributed by atoms with Gasteiger partial charge in [0.05, 0.1) is 11.6 Å². The number of alkyl halides is 3. The molecular formula is C20H17F3N2O2. The van der Waals surface area contributed by atoms with Crippen molar-refractivity contribution in [2.75, 3.05) is 13.2 Å². The molecular weight excluding hydrogens is 357 g/mol. The number of amides is 1. The van der Waals surface area contributed by atoms with Gasteiger partial charge in [0.2, 0.25) is 0 Å². The summed E-state index contributed by atoms with van der Waals surface area (Å²) in [6.07, 6.45) is -2.83. The van der Waals surface area contributed by atoms with Crippen LogP contribution in [-0.2, 0) is 6.54 Å². The van der Waals surface area contributed by atoms with Gasteiger partial charge in [-0.1, -0.05) is 18.2 Å². The maximum atomic E-state index is 12.7. The number of carbonyl (C=O) groups is 1. The number of hydrogen-bond acceptors (Lipinski definition) is 3. The minimum absolute atomic E-state index is 0.0336. The van der Waals surface area contributed by atoms with Crippen molar-refractivity contribution < 1.29 is 22.7 Å². The molecule has 0 saturated heterocycles. The zero-order chi connectivity index (χ0) is 19.9. The van der Waals surface area contributed by atoms with Gasteiger partial charge < -0.3 is 9.64 Å². The number of benzene rings is 2. The average molecular weight is 374 g/mol. The number of halogens is 3. The first-order chi connectivity index (χ1) is 12.8. The van der Waals surface area contributed by atoms with E-state index in [1.54, 1.807) is 35.2 Å². The van der Waals surface area contributed by atoms with Crippen LogP contribution in [0.25, 0.3) is 0 Å². The summed E-state index contributed by atoms with van der Waals surface area (Å²) in [7, 11) is 0. The van der Waals surface area contributed by atoms with E-state index < -0.39 is 12.8 Å². The number of hydrogen-bond donors (Lipinski definition) is 0.